The minimum atomic E-state index is -0.525. The van der Waals surface area contributed by atoms with E-state index in [2.05, 4.69) is 28.0 Å². The first-order valence-corrected chi connectivity index (χ1v) is 4.17. The third-order valence-corrected chi connectivity index (χ3v) is 1.58. The second kappa shape index (κ2) is 5.15. The molecule has 0 unspecified atom stereocenters. The molecule has 5 nitrogen and oxygen atoms in total. The van der Waals surface area contributed by atoms with Gasteiger partial charge in [-0.2, -0.15) is 5.48 Å². The van der Waals surface area contributed by atoms with E-state index in [1.807, 2.05) is 0 Å². The van der Waals surface area contributed by atoms with E-state index < -0.39 is 5.97 Å². The van der Waals surface area contributed by atoms with Gasteiger partial charge in [-0.25, -0.2) is 10.6 Å². The molecule has 6 heteroatoms. The monoisotopic (exact) mass is 211 g/mol. The highest BCUT2D eigenvalue weighted by Gasteiger charge is 2.06. The van der Waals surface area contributed by atoms with E-state index >= 15 is 0 Å². The molecule has 0 radical (unpaired) electrons. The summed E-state index contributed by atoms with van der Waals surface area (Å²) in [6.07, 6.45) is 0. The standard InChI is InChI=1S/C8H9N3O2S/c9-10-8(14)11-13-7(12)6-4-2-1-3-5-6/h1-5H,9H2,(H2,10,11,14). The lowest BCUT2D eigenvalue weighted by Gasteiger charge is -2.06. The molecule has 74 valence electrons. The van der Waals surface area contributed by atoms with Crippen molar-refractivity contribution in [2.45, 2.75) is 0 Å². The van der Waals surface area contributed by atoms with Gasteiger partial charge in [0.05, 0.1) is 5.56 Å². The van der Waals surface area contributed by atoms with Gasteiger partial charge in [0.25, 0.3) is 0 Å². The van der Waals surface area contributed by atoms with Crippen LogP contribution in [0.5, 0.6) is 0 Å². The van der Waals surface area contributed by atoms with Crippen LogP contribution in [0.4, 0.5) is 0 Å². The van der Waals surface area contributed by atoms with Gasteiger partial charge in [0.1, 0.15) is 0 Å². The van der Waals surface area contributed by atoms with E-state index in [1.54, 1.807) is 30.3 Å². The summed E-state index contributed by atoms with van der Waals surface area (Å²) in [5.74, 6) is 4.43. The van der Waals surface area contributed by atoms with Crippen LogP contribution in [-0.4, -0.2) is 11.1 Å². The van der Waals surface area contributed by atoms with Gasteiger partial charge in [-0.05, 0) is 24.4 Å². The minimum absolute atomic E-state index is 0.0364. The van der Waals surface area contributed by atoms with Crippen molar-refractivity contribution >= 4 is 23.3 Å². The number of thiocarbonyl (C=S) groups is 1. The zero-order valence-electron chi connectivity index (χ0n) is 7.19. The molecule has 1 aromatic carbocycles. The molecule has 0 spiro atoms. The number of carbonyl (C=O) groups is 1. The van der Waals surface area contributed by atoms with Crippen LogP contribution in [0, 0.1) is 0 Å². The fourth-order valence-corrected chi connectivity index (χ4v) is 0.797. The fraction of sp³-hybridized carbons (Fsp3) is 0. The molecule has 4 N–H and O–H groups in total. The molecule has 0 aliphatic carbocycles. The molecule has 0 bridgehead atoms. The summed E-state index contributed by atoms with van der Waals surface area (Å²) >= 11 is 4.60. The Hall–Kier alpha value is -1.66. The molecule has 0 heterocycles. The lowest BCUT2D eigenvalue weighted by molar-refractivity contribution is 0.0385. The van der Waals surface area contributed by atoms with Crippen molar-refractivity contribution in [3.05, 3.63) is 35.9 Å². The Kier molecular flexibility index (Phi) is 3.84. The zero-order chi connectivity index (χ0) is 10.4. The van der Waals surface area contributed by atoms with Gasteiger partial charge in [-0.15, -0.1) is 0 Å². The molecule has 0 aromatic heterocycles. The molecule has 14 heavy (non-hydrogen) atoms. The van der Waals surface area contributed by atoms with E-state index in [9.17, 15) is 4.79 Å². The third-order valence-electron chi connectivity index (χ3n) is 1.38. The van der Waals surface area contributed by atoms with Crippen LogP contribution >= 0.6 is 12.2 Å². The molecule has 0 fully saturated rings. The number of hydrogen-bond acceptors (Lipinski definition) is 4. The maximum Gasteiger partial charge on any atom is 0.362 e. The summed E-state index contributed by atoms with van der Waals surface area (Å²) in [5, 5.41) is 0.0364. The lowest BCUT2D eigenvalue weighted by Crippen LogP contribution is -2.40. The Morgan fingerprint density at radius 2 is 2.00 bits per heavy atom. The zero-order valence-corrected chi connectivity index (χ0v) is 8.01. The van der Waals surface area contributed by atoms with Crippen molar-refractivity contribution in [2.75, 3.05) is 0 Å². The first-order chi connectivity index (χ1) is 6.74. The van der Waals surface area contributed by atoms with Gasteiger partial charge < -0.3 is 4.84 Å². The molecule has 0 atom stereocenters. The van der Waals surface area contributed by atoms with Crippen molar-refractivity contribution in [1.29, 1.82) is 0 Å². The summed E-state index contributed by atoms with van der Waals surface area (Å²) in [7, 11) is 0. The van der Waals surface area contributed by atoms with Gasteiger partial charge in [0, 0.05) is 0 Å². The van der Waals surface area contributed by atoms with Gasteiger partial charge in [0.2, 0.25) is 5.11 Å². The summed E-state index contributed by atoms with van der Waals surface area (Å²) in [6, 6.07) is 8.52. The van der Waals surface area contributed by atoms with Crippen molar-refractivity contribution < 1.29 is 9.63 Å². The van der Waals surface area contributed by atoms with E-state index in [0.717, 1.165) is 0 Å². The smallest absolute Gasteiger partial charge is 0.336 e. The number of hydrogen-bond donors (Lipinski definition) is 3. The summed E-state index contributed by atoms with van der Waals surface area (Å²) in [4.78, 5) is 15.9. The largest absolute Gasteiger partial charge is 0.362 e. The maximum absolute atomic E-state index is 11.3. The summed E-state index contributed by atoms with van der Waals surface area (Å²) < 4.78 is 0. The summed E-state index contributed by atoms with van der Waals surface area (Å²) in [5.41, 5.74) is 4.72. The lowest BCUT2D eigenvalue weighted by atomic mass is 10.2. The number of hydroxylamine groups is 1. The molecular weight excluding hydrogens is 202 g/mol. The molecule has 1 aromatic rings. The number of hydrazine groups is 1. The molecular formula is C8H9N3O2S. The van der Waals surface area contributed by atoms with Gasteiger partial charge >= 0.3 is 5.97 Å². The number of nitrogens with two attached hydrogens (primary N) is 1. The Labute approximate surface area is 86.2 Å². The topological polar surface area (TPSA) is 76.4 Å². The van der Waals surface area contributed by atoms with Crippen molar-refractivity contribution in [3.8, 4) is 0 Å². The predicted molar refractivity (Wildman–Crippen MR) is 54.9 cm³/mol. The number of benzene rings is 1. The van der Waals surface area contributed by atoms with Crippen LogP contribution in [-0.2, 0) is 4.84 Å². The highest BCUT2D eigenvalue weighted by Crippen LogP contribution is 1.99. The van der Waals surface area contributed by atoms with Gasteiger partial charge in [-0.3, -0.25) is 5.43 Å². The van der Waals surface area contributed by atoms with Crippen LogP contribution in [0.3, 0.4) is 0 Å². The predicted octanol–water partition coefficient (Wildman–Crippen LogP) is 0.0962. The first-order valence-electron chi connectivity index (χ1n) is 3.77. The molecule has 0 saturated heterocycles. The average Bonchev–Trinajstić information content (AvgIpc) is 2.26. The van der Waals surface area contributed by atoms with Crippen molar-refractivity contribution in [3.63, 3.8) is 0 Å². The van der Waals surface area contributed by atoms with Crippen LogP contribution < -0.4 is 16.7 Å². The first kappa shape index (κ1) is 10.4. The molecule has 1 rings (SSSR count). The van der Waals surface area contributed by atoms with Gasteiger partial charge in [0.15, 0.2) is 0 Å². The highest BCUT2D eigenvalue weighted by atomic mass is 32.1. The normalized spacial score (nSPS) is 8.93. The van der Waals surface area contributed by atoms with Crippen LogP contribution in [0.2, 0.25) is 0 Å². The minimum Gasteiger partial charge on any atom is -0.336 e. The Morgan fingerprint density at radius 1 is 1.36 bits per heavy atom. The van der Waals surface area contributed by atoms with Crippen molar-refractivity contribution in [1.82, 2.24) is 10.9 Å². The van der Waals surface area contributed by atoms with Crippen LogP contribution in [0.1, 0.15) is 10.4 Å². The second-order valence-electron chi connectivity index (χ2n) is 2.33. The molecule has 0 aliphatic rings. The summed E-state index contributed by atoms with van der Waals surface area (Å²) in [6.45, 7) is 0. The van der Waals surface area contributed by atoms with Crippen molar-refractivity contribution in [2.24, 2.45) is 5.84 Å². The van der Waals surface area contributed by atoms with Gasteiger partial charge in [-0.1, -0.05) is 18.2 Å². The second-order valence-corrected chi connectivity index (χ2v) is 2.74. The SMILES string of the molecule is NNC(=S)NOC(=O)c1ccccc1. The maximum atomic E-state index is 11.3. The molecule has 0 aliphatic heterocycles. The fourth-order valence-electron chi connectivity index (χ4n) is 0.755. The van der Waals surface area contributed by atoms with E-state index in [-0.39, 0.29) is 5.11 Å². The van der Waals surface area contributed by atoms with Crippen LogP contribution in [0.25, 0.3) is 0 Å². The van der Waals surface area contributed by atoms with E-state index in [4.69, 9.17) is 5.84 Å². The molecule has 0 amide bonds. The van der Waals surface area contributed by atoms with E-state index in [1.165, 1.54) is 0 Å². The highest BCUT2D eigenvalue weighted by molar-refractivity contribution is 7.80. The number of nitrogens with one attached hydrogen (secondary N) is 2. The molecule has 0 saturated carbocycles. The Bertz CT molecular complexity index is 329. The number of carbonyl (C=O) groups excluding carboxylic acids is 1. The average molecular weight is 211 g/mol. The third kappa shape index (κ3) is 3.00. The Morgan fingerprint density at radius 3 is 2.57 bits per heavy atom. The quantitative estimate of drug-likeness (QED) is 0.347. The van der Waals surface area contributed by atoms with E-state index in [0.29, 0.717) is 5.56 Å². The van der Waals surface area contributed by atoms with Crippen LogP contribution in [0.15, 0.2) is 30.3 Å². The Balaban J connectivity index is 2.48. The number of rotatable bonds is 1.